The normalized spacial score (nSPS) is 16.9. The van der Waals surface area contributed by atoms with Crippen molar-refractivity contribution >= 4 is 27.5 Å². The Kier molecular flexibility index (Phi) is 7.20. The van der Waals surface area contributed by atoms with Gasteiger partial charge in [0.25, 0.3) is 11.8 Å². The van der Waals surface area contributed by atoms with Crippen LogP contribution < -0.4 is 10.1 Å². The predicted molar refractivity (Wildman–Crippen MR) is 127 cm³/mol. The fraction of sp³-hybridized carbons (Fsp3) is 0.417. The molecule has 2 heterocycles. The van der Waals surface area contributed by atoms with E-state index in [9.17, 15) is 18.0 Å². The number of anilines is 1. The topological polar surface area (TPSA) is 105 Å². The zero-order valence-electron chi connectivity index (χ0n) is 19.4. The maximum absolute atomic E-state index is 13.3. The molecule has 0 aliphatic carbocycles. The summed E-state index contributed by atoms with van der Waals surface area (Å²) in [5.74, 6) is -0.475. The molecule has 0 bridgehead atoms. The molecule has 2 saturated heterocycles. The summed E-state index contributed by atoms with van der Waals surface area (Å²) < 4.78 is 38.4. The van der Waals surface area contributed by atoms with Gasteiger partial charge < -0.3 is 19.7 Å². The van der Waals surface area contributed by atoms with Crippen LogP contribution in [0.3, 0.4) is 0 Å². The van der Waals surface area contributed by atoms with Gasteiger partial charge in [-0.05, 0) is 49.6 Å². The van der Waals surface area contributed by atoms with E-state index in [0.717, 1.165) is 18.4 Å². The summed E-state index contributed by atoms with van der Waals surface area (Å²) in [5, 5.41) is 2.84. The Balaban J connectivity index is 1.65. The van der Waals surface area contributed by atoms with Crippen LogP contribution in [0.15, 0.2) is 41.3 Å². The monoisotopic (exact) mass is 487 g/mol. The Bertz CT molecular complexity index is 1190. The molecule has 1 N–H and O–H groups in total. The van der Waals surface area contributed by atoms with E-state index in [1.165, 1.54) is 29.6 Å². The lowest BCUT2D eigenvalue weighted by Gasteiger charge is -2.26. The first-order valence-corrected chi connectivity index (χ1v) is 12.7. The number of likely N-dealkylation sites (tertiary alicyclic amines) is 1. The first-order chi connectivity index (χ1) is 16.3. The van der Waals surface area contributed by atoms with Crippen LogP contribution in [0.2, 0.25) is 0 Å². The van der Waals surface area contributed by atoms with E-state index < -0.39 is 15.9 Å². The quantitative estimate of drug-likeness (QED) is 0.671. The van der Waals surface area contributed by atoms with Crippen LogP contribution in [-0.4, -0.2) is 75.9 Å². The third-order valence-corrected chi connectivity index (χ3v) is 8.07. The lowest BCUT2D eigenvalue weighted by Crippen LogP contribution is -2.40. The van der Waals surface area contributed by atoms with Crippen molar-refractivity contribution in [3.05, 3.63) is 53.1 Å². The van der Waals surface area contributed by atoms with Gasteiger partial charge in [0, 0.05) is 31.7 Å². The molecule has 10 heteroatoms. The predicted octanol–water partition coefficient (Wildman–Crippen LogP) is 2.51. The van der Waals surface area contributed by atoms with E-state index >= 15 is 0 Å². The van der Waals surface area contributed by atoms with Crippen LogP contribution in [0, 0.1) is 6.92 Å². The standard InChI is InChI=1S/C24H29N3O6S/c1-17-6-5-7-19(24(29)26-10-3-4-11-26)22(17)25-23(28)18-8-9-20(32-2)21(16-18)34(30,31)27-12-14-33-15-13-27/h5-9,16H,3-4,10-15H2,1-2H3,(H,25,28). The highest BCUT2D eigenvalue weighted by Crippen LogP contribution is 2.30. The Morgan fingerprint density at radius 1 is 1.03 bits per heavy atom. The minimum atomic E-state index is -3.89. The summed E-state index contributed by atoms with van der Waals surface area (Å²) in [6.07, 6.45) is 1.93. The number of aryl methyl sites for hydroxylation is 1. The number of ether oxygens (including phenoxy) is 2. The van der Waals surface area contributed by atoms with Gasteiger partial charge in [-0.1, -0.05) is 12.1 Å². The van der Waals surface area contributed by atoms with Crippen LogP contribution in [0.5, 0.6) is 5.75 Å². The van der Waals surface area contributed by atoms with Crippen molar-refractivity contribution in [2.24, 2.45) is 0 Å². The van der Waals surface area contributed by atoms with Gasteiger partial charge in [0.15, 0.2) is 0 Å². The highest BCUT2D eigenvalue weighted by molar-refractivity contribution is 7.89. The molecular formula is C24H29N3O6S. The molecule has 0 atom stereocenters. The molecule has 0 spiro atoms. The van der Waals surface area contributed by atoms with Gasteiger partial charge in [-0.15, -0.1) is 0 Å². The number of carbonyl (C=O) groups is 2. The fourth-order valence-electron chi connectivity index (χ4n) is 4.23. The van der Waals surface area contributed by atoms with Gasteiger partial charge in [0.1, 0.15) is 10.6 Å². The molecule has 9 nitrogen and oxygen atoms in total. The van der Waals surface area contributed by atoms with Gasteiger partial charge in [-0.3, -0.25) is 9.59 Å². The van der Waals surface area contributed by atoms with Crippen LogP contribution in [0.1, 0.15) is 39.1 Å². The van der Waals surface area contributed by atoms with E-state index in [4.69, 9.17) is 9.47 Å². The van der Waals surface area contributed by atoms with Crippen molar-refractivity contribution in [2.75, 3.05) is 51.8 Å². The molecule has 2 aromatic rings. The second-order valence-corrected chi connectivity index (χ2v) is 10.2. The molecule has 0 radical (unpaired) electrons. The van der Waals surface area contributed by atoms with Crippen LogP contribution in [0.25, 0.3) is 0 Å². The van der Waals surface area contributed by atoms with Gasteiger partial charge in [-0.25, -0.2) is 8.42 Å². The number of methoxy groups -OCH3 is 1. The first kappa shape index (κ1) is 24.2. The summed E-state index contributed by atoms with van der Waals surface area (Å²) in [5.41, 5.74) is 1.74. The first-order valence-electron chi connectivity index (χ1n) is 11.3. The summed E-state index contributed by atoms with van der Waals surface area (Å²) >= 11 is 0. The van der Waals surface area contributed by atoms with Crippen LogP contribution >= 0.6 is 0 Å². The fourth-order valence-corrected chi connectivity index (χ4v) is 5.82. The Labute approximate surface area is 199 Å². The van der Waals surface area contributed by atoms with Gasteiger partial charge in [0.05, 0.1) is 31.6 Å². The van der Waals surface area contributed by atoms with Crippen LogP contribution in [-0.2, 0) is 14.8 Å². The number of carbonyl (C=O) groups excluding carboxylic acids is 2. The summed E-state index contributed by atoms with van der Waals surface area (Å²) in [6.45, 7) is 4.29. The minimum Gasteiger partial charge on any atom is -0.495 e. The van der Waals surface area contributed by atoms with Crippen molar-refractivity contribution in [3.63, 3.8) is 0 Å². The lowest BCUT2D eigenvalue weighted by molar-refractivity contribution is 0.0729. The highest BCUT2D eigenvalue weighted by atomic mass is 32.2. The number of sulfonamides is 1. The average molecular weight is 488 g/mol. The molecular weight excluding hydrogens is 458 g/mol. The SMILES string of the molecule is COc1ccc(C(=O)Nc2c(C)cccc2C(=O)N2CCCC2)cc1S(=O)(=O)N1CCOCC1. The Morgan fingerprint density at radius 3 is 2.41 bits per heavy atom. The Hall–Kier alpha value is -2.95. The number of nitrogens with one attached hydrogen (secondary N) is 1. The maximum atomic E-state index is 13.3. The number of rotatable bonds is 6. The van der Waals surface area contributed by atoms with Crippen LogP contribution in [0.4, 0.5) is 5.69 Å². The lowest BCUT2D eigenvalue weighted by atomic mass is 10.1. The summed E-state index contributed by atoms with van der Waals surface area (Å²) in [7, 11) is -2.50. The van der Waals surface area contributed by atoms with Crippen molar-refractivity contribution in [3.8, 4) is 5.75 Å². The number of hydrogen-bond donors (Lipinski definition) is 1. The van der Waals surface area contributed by atoms with Crippen molar-refractivity contribution in [1.29, 1.82) is 0 Å². The highest BCUT2D eigenvalue weighted by Gasteiger charge is 2.30. The summed E-state index contributed by atoms with van der Waals surface area (Å²) in [4.78, 5) is 28.0. The van der Waals surface area contributed by atoms with Crippen molar-refractivity contribution in [1.82, 2.24) is 9.21 Å². The number of nitrogens with zero attached hydrogens (tertiary/aromatic N) is 2. The number of para-hydroxylation sites is 1. The van der Waals surface area contributed by atoms with E-state index in [2.05, 4.69) is 5.32 Å². The number of amides is 2. The molecule has 0 unspecified atom stereocenters. The third kappa shape index (κ3) is 4.79. The molecule has 2 aliphatic rings. The average Bonchev–Trinajstić information content (AvgIpc) is 3.40. The second-order valence-electron chi connectivity index (χ2n) is 8.33. The van der Waals surface area contributed by atoms with E-state index in [-0.39, 0.29) is 35.2 Å². The number of benzene rings is 2. The second kappa shape index (κ2) is 10.1. The van der Waals surface area contributed by atoms with Crippen molar-refractivity contribution in [2.45, 2.75) is 24.7 Å². The molecule has 2 fully saturated rings. The molecule has 4 rings (SSSR count). The smallest absolute Gasteiger partial charge is 0.255 e. The van der Waals surface area contributed by atoms with Gasteiger partial charge in [0.2, 0.25) is 10.0 Å². The van der Waals surface area contributed by atoms with E-state index in [1.807, 2.05) is 13.0 Å². The Morgan fingerprint density at radius 2 is 1.74 bits per heavy atom. The number of morpholine rings is 1. The van der Waals surface area contributed by atoms with Crippen molar-refractivity contribution < 1.29 is 27.5 Å². The molecule has 2 aliphatic heterocycles. The van der Waals surface area contributed by atoms with Gasteiger partial charge >= 0.3 is 0 Å². The molecule has 2 amide bonds. The van der Waals surface area contributed by atoms with E-state index in [1.54, 1.807) is 17.0 Å². The molecule has 182 valence electrons. The molecule has 0 aromatic heterocycles. The molecule has 2 aromatic carbocycles. The third-order valence-electron chi connectivity index (χ3n) is 6.15. The summed E-state index contributed by atoms with van der Waals surface area (Å²) in [6, 6.07) is 9.60. The largest absolute Gasteiger partial charge is 0.495 e. The maximum Gasteiger partial charge on any atom is 0.255 e. The zero-order chi connectivity index (χ0) is 24.3. The molecule has 34 heavy (non-hydrogen) atoms. The zero-order valence-corrected chi connectivity index (χ0v) is 20.2. The van der Waals surface area contributed by atoms with Gasteiger partial charge in [-0.2, -0.15) is 4.31 Å². The minimum absolute atomic E-state index is 0.0808. The molecule has 0 saturated carbocycles. The van der Waals surface area contributed by atoms with E-state index in [0.29, 0.717) is 37.6 Å². The number of hydrogen-bond acceptors (Lipinski definition) is 6.